The highest BCUT2D eigenvalue weighted by atomic mass is 19.4. The van der Waals surface area contributed by atoms with Crippen molar-refractivity contribution in [3.8, 4) is 0 Å². The van der Waals surface area contributed by atoms with Gasteiger partial charge in [-0.3, -0.25) is 9.69 Å². The fraction of sp³-hybridized carbons (Fsp3) is 0.185. The van der Waals surface area contributed by atoms with Gasteiger partial charge in [0.15, 0.2) is 0 Å². The maximum absolute atomic E-state index is 13.4. The lowest BCUT2D eigenvalue weighted by molar-refractivity contribution is -0.137. The quantitative estimate of drug-likeness (QED) is 0.475. The number of rotatable bonds is 3. The van der Waals surface area contributed by atoms with Crippen LogP contribution >= 0.6 is 0 Å². The third-order valence-electron chi connectivity index (χ3n) is 6.16. The summed E-state index contributed by atoms with van der Waals surface area (Å²) < 4.78 is 39.8. The number of likely N-dealkylation sites (N-methyl/N-ethyl adjacent to an activating group) is 1. The van der Waals surface area contributed by atoms with E-state index < -0.39 is 17.8 Å². The van der Waals surface area contributed by atoms with Gasteiger partial charge in [-0.2, -0.15) is 13.2 Å². The standard InChI is InChI=1S/C27H22F3N3O/c1-32-25(19-11-6-3-7-12-19)23(15-18-9-4-2-5-10-18)33-24(34)17-22(31-26(32)33)20-13-8-14-21(16-20)27(28,29)30/h2-16,22,25H,17H2,1H3/b23-15-/t22-,25+/m0/s1. The fourth-order valence-electron chi connectivity index (χ4n) is 4.56. The van der Waals surface area contributed by atoms with E-state index in [-0.39, 0.29) is 18.4 Å². The van der Waals surface area contributed by atoms with Crippen LogP contribution in [0.25, 0.3) is 6.08 Å². The second-order valence-corrected chi connectivity index (χ2v) is 8.41. The smallest absolute Gasteiger partial charge is 0.333 e. The summed E-state index contributed by atoms with van der Waals surface area (Å²) in [6, 6.07) is 23.6. The van der Waals surface area contributed by atoms with E-state index in [0.29, 0.717) is 11.5 Å². The molecule has 2 aliphatic rings. The molecule has 2 aliphatic heterocycles. The summed E-state index contributed by atoms with van der Waals surface area (Å²) in [6.07, 6.45) is -2.49. The number of nitrogens with zero attached hydrogens (tertiary/aromatic N) is 3. The van der Waals surface area contributed by atoms with Crippen LogP contribution in [0.5, 0.6) is 0 Å². The molecule has 3 aromatic rings. The third kappa shape index (κ3) is 3.98. The van der Waals surface area contributed by atoms with E-state index in [1.807, 2.05) is 78.7 Å². The van der Waals surface area contributed by atoms with Gasteiger partial charge in [-0.1, -0.05) is 72.8 Å². The zero-order chi connectivity index (χ0) is 23.9. The minimum absolute atomic E-state index is 0.00765. The summed E-state index contributed by atoms with van der Waals surface area (Å²) in [5, 5.41) is 0. The minimum Gasteiger partial charge on any atom is -0.333 e. The van der Waals surface area contributed by atoms with Crippen LogP contribution in [-0.2, 0) is 11.0 Å². The second-order valence-electron chi connectivity index (χ2n) is 8.41. The molecule has 0 N–H and O–H groups in total. The minimum atomic E-state index is -4.46. The molecule has 0 bridgehead atoms. The van der Waals surface area contributed by atoms with Crippen LogP contribution in [-0.4, -0.2) is 28.7 Å². The molecule has 2 atom stereocenters. The first-order valence-electron chi connectivity index (χ1n) is 11.0. The first-order chi connectivity index (χ1) is 16.3. The average Bonchev–Trinajstić information content (AvgIpc) is 3.11. The molecule has 0 radical (unpaired) electrons. The lowest BCUT2D eigenvalue weighted by Gasteiger charge is -2.28. The van der Waals surface area contributed by atoms with Crippen molar-refractivity contribution in [3.05, 3.63) is 113 Å². The van der Waals surface area contributed by atoms with Crippen LogP contribution in [0.15, 0.2) is 95.6 Å². The molecule has 0 unspecified atom stereocenters. The molecular formula is C27H22F3N3O. The van der Waals surface area contributed by atoms with Gasteiger partial charge in [0.2, 0.25) is 11.9 Å². The Labute approximate surface area is 195 Å². The fourth-order valence-corrected chi connectivity index (χ4v) is 4.56. The van der Waals surface area contributed by atoms with Crippen molar-refractivity contribution in [3.63, 3.8) is 0 Å². The Morgan fingerprint density at radius 2 is 1.56 bits per heavy atom. The van der Waals surface area contributed by atoms with Gasteiger partial charge in [-0.05, 0) is 34.9 Å². The maximum Gasteiger partial charge on any atom is 0.416 e. The molecule has 1 amide bonds. The van der Waals surface area contributed by atoms with Gasteiger partial charge >= 0.3 is 6.18 Å². The van der Waals surface area contributed by atoms with Crippen LogP contribution in [0.3, 0.4) is 0 Å². The van der Waals surface area contributed by atoms with E-state index >= 15 is 0 Å². The van der Waals surface area contributed by atoms with E-state index in [1.165, 1.54) is 6.07 Å². The Bertz CT molecular complexity index is 1270. The van der Waals surface area contributed by atoms with E-state index in [9.17, 15) is 18.0 Å². The number of carbonyl (C=O) groups is 1. The van der Waals surface area contributed by atoms with Gasteiger partial charge in [0.05, 0.1) is 29.8 Å². The molecule has 1 saturated heterocycles. The van der Waals surface area contributed by atoms with Gasteiger partial charge in [-0.25, -0.2) is 4.99 Å². The summed E-state index contributed by atoms with van der Waals surface area (Å²) in [7, 11) is 1.86. The lowest BCUT2D eigenvalue weighted by Crippen LogP contribution is -2.40. The highest BCUT2D eigenvalue weighted by molar-refractivity contribution is 6.04. The summed E-state index contributed by atoms with van der Waals surface area (Å²) >= 11 is 0. The van der Waals surface area contributed by atoms with E-state index in [1.54, 1.807) is 11.0 Å². The number of halogens is 3. The summed E-state index contributed by atoms with van der Waals surface area (Å²) in [4.78, 5) is 21.7. The van der Waals surface area contributed by atoms with Crippen LogP contribution in [0.2, 0.25) is 0 Å². The van der Waals surface area contributed by atoms with Crippen molar-refractivity contribution in [2.24, 2.45) is 4.99 Å². The normalized spacial score (nSPS) is 21.6. The SMILES string of the molecule is CN1C2=N[C@H](c3cccc(C(F)(F)F)c3)CC(=O)N2/C(=C\c2ccccc2)[C@H]1c1ccccc1. The molecule has 0 spiro atoms. The average molecular weight is 461 g/mol. The highest BCUT2D eigenvalue weighted by Gasteiger charge is 2.45. The molecule has 0 aromatic heterocycles. The first-order valence-corrected chi connectivity index (χ1v) is 11.0. The van der Waals surface area contributed by atoms with E-state index in [0.717, 1.165) is 29.0 Å². The van der Waals surface area contributed by atoms with Crippen molar-refractivity contribution in [1.29, 1.82) is 0 Å². The summed E-state index contributed by atoms with van der Waals surface area (Å²) in [5.74, 6) is 0.245. The number of hydrogen-bond acceptors (Lipinski definition) is 3. The Kier molecular flexibility index (Phi) is 5.48. The number of guanidine groups is 1. The molecule has 3 aromatic carbocycles. The van der Waals surface area contributed by atoms with E-state index in [2.05, 4.69) is 0 Å². The van der Waals surface area contributed by atoms with Crippen molar-refractivity contribution in [2.45, 2.75) is 24.7 Å². The Balaban J connectivity index is 1.61. The summed E-state index contributed by atoms with van der Waals surface area (Å²) in [6.45, 7) is 0. The predicted molar refractivity (Wildman–Crippen MR) is 124 cm³/mol. The number of amides is 1. The molecule has 5 rings (SSSR count). The molecule has 4 nitrogen and oxygen atoms in total. The van der Waals surface area contributed by atoms with Crippen molar-refractivity contribution < 1.29 is 18.0 Å². The monoisotopic (exact) mass is 461 g/mol. The Morgan fingerprint density at radius 3 is 2.24 bits per heavy atom. The lowest BCUT2D eigenvalue weighted by atomic mass is 9.99. The van der Waals surface area contributed by atoms with Gasteiger partial charge < -0.3 is 4.90 Å². The maximum atomic E-state index is 13.4. The molecule has 0 aliphatic carbocycles. The highest BCUT2D eigenvalue weighted by Crippen LogP contribution is 2.43. The number of benzene rings is 3. The summed E-state index contributed by atoms with van der Waals surface area (Å²) in [5.41, 5.74) is 2.34. The first kappa shape index (κ1) is 21.9. The predicted octanol–water partition coefficient (Wildman–Crippen LogP) is 6.06. The molecule has 2 heterocycles. The van der Waals surface area contributed by atoms with Crippen LogP contribution in [0, 0.1) is 0 Å². The number of carbonyl (C=O) groups excluding carboxylic acids is 1. The van der Waals surface area contributed by atoms with Gasteiger partial charge in [0.25, 0.3) is 0 Å². The van der Waals surface area contributed by atoms with Crippen LogP contribution in [0.4, 0.5) is 13.2 Å². The van der Waals surface area contributed by atoms with Crippen molar-refractivity contribution in [1.82, 2.24) is 9.80 Å². The number of aliphatic imine (C=N–C) groups is 1. The Hall–Kier alpha value is -3.87. The van der Waals surface area contributed by atoms with Gasteiger partial charge in [0.1, 0.15) is 0 Å². The van der Waals surface area contributed by atoms with Gasteiger partial charge in [0, 0.05) is 7.05 Å². The van der Waals surface area contributed by atoms with Gasteiger partial charge in [-0.15, -0.1) is 0 Å². The topological polar surface area (TPSA) is 35.9 Å². The van der Waals surface area contributed by atoms with Crippen LogP contribution < -0.4 is 0 Å². The zero-order valence-corrected chi connectivity index (χ0v) is 18.4. The molecule has 1 fully saturated rings. The van der Waals surface area contributed by atoms with Crippen molar-refractivity contribution in [2.75, 3.05) is 7.05 Å². The van der Waals surface area contributed by atoms with E-state index in [4.69, 9.17) is 4.99 Å². The largest absolute Gasteiger partial charge is 0.416 e. The third-order valence-corrected chi connectivity index (χ3v) is 6.16. The molecule has 7 heteroatoms. The number of alkyl halides is 3. The molecule has 34 heavy (non-hydrogen) atoms. The molecule has 0 saturated carbocycles. The second kappa shape index (κ2) is 8.48. The molecular weight excluding hydrogens is 439 g/mol. The van der Waals surface area contributed by atoms with Crippen molar-refractivity contribution >= 4 is 17.9 Å². The Morgan fingerprint density at radius 1 is 0.912 bits per heavy atom. The zero-order valence-electron chi connectivity index (χ0n) is 18.4. The number of hydrogen-bond donors (Lipinski definition) is 0. The van der Waals surface area contributed by atoms with Crippen LogP contribution in [0.1, 0.15) is 40.8 Å². The molecule has 172 valence electrons. The number of fused-ring (bicyclic) bond motifs is 1.